The maximum atomic E-state index is 8.89. The molecule has 0 aliphatic carbocycles. The molecule has 0 amide bonds. The lowest BCUT2D eigenvalue weighted by molar-refractivity contribution is 0.236. The first kappa shape index (κ1) is 8.72. The Bertz CT molecular complexity index is 364. The maximum absolute atomic E-state index is 8.89. The van der Waals surface area contributed by atoms with Gasteiger partial charge in [0.15, 0.2) is 4.96 Å². The first-order valence-corrected chi connectivity index (χ1v) is 5.19. The van der Waals surface area contributed by atoms with Gasteiger partial charge in [0.2, 0.25) is 0 Å². The SMILES string of the molecule is CC(CO)Cc1cn2ccsc2n1. The molecule has 0 aliphatic heterocycles. The molecule has 0 spiro atoms. The van der Waals surface area contributed by atoms with Crippen molar-refractivity contribution in [3.8, 4) is 0 Å². The minimum absolute atomic E-state index is 0.227. The first-order valence-electron chi connectivity index (χ1n) is 4.31. The number of aliphatic hydroxyl groups excluding tert-OH is 1. The highest BCUT2D eigenvalue weighted by Crippen LogP contribution is 2.13. The number of nitrogens with zero attached hydrogens (tertiary/aromatic N) is 2. The van der Waals surface area contributed by atoms with E-state index in [4.69, 9.17) is 5.11 Å². The molecule has 3 nitrogen and oxygen atoms in total. The van der Waals surface area contributed by atoms with E-state index in [1.54, 1.807) is 11.3 Å². The van der Waals surface area contributed by atoms with Gasteiger partial charge in [-0.15, -0.1) is 11.3 Å². The second kappa shape index (κ2) is 3.47. The Morgan fingerprint density at radius 2 is 2.54 bits per heavy atom. The van der Waals surface area contributed by atoms with Crippen LogP contribution in [0, 0.1) is 5.92 Å². The van der Waals surface area contributed by atoms with Gasteiger partial charge < -0.3 is 5.11 Å². The highest BCUT2D eigenvalue weighted by atomic mass is 32.1. The molecule has 0 radical (unpaired) electrons. The lowest BCUT2D eigenvalue weighted by atomic mass is 10.1. The number of aliphatic hydroxyl groups is 1. The van der Waals surface area contributed by atoms with Crippen molar-refractivity contribution in [2.45, 2.75) is 13.3 Å². The van der Waals surface area contributed by atoms with Gasteiger partial charge in [-0.3, -0.25) is 4.40 Å². The predicted octanol–water partition coefficient (Wildman–Crippen LogP) is 1.57. The average Bonchev–Trinajstić information content (AvgIpc) is 2.63. The highest BCUT2D eigenvalue weighted by Gasteiger charge is 2.06. The Labute approximate surface area is 80.7 Å². The molecule has 0 saturated heterocycles. The topological polar surface area (TPSA) is 37.5 Å². The average molecular weight is 196 g/mol. The van der Waals surface area contributed by atoms with E-state index in [0.717, 1.165) is 17.1 Å². The molecule has 1 unspecified atom stereocenters. The van der Waals surface area contributed by atoms with Crippen LogP contribution in [-0.2, 0) is 6.42 Å². The molecular formula is C9H12N2OS. The molecule has 0 aromatic carbocycles. The van der Waals surface area contributed by atoms with Crippen molar-refractivity contribution in [3.05, 3.63) is 23.5 Å². The van der Waals surface area contributed by atoms with Gasteiger partial charge in [-0.25, -0.2) is 4.98 Å². The smallest absolute Gasteiger partial charge is 0.193 e. The van der Waals surface area contributed by atoms with Crippen LogP contribution in [0.1, 0.15) is 12.6 Å². The molecule has 2 aromatic heterocycles. The third-order valence-electron chi connectivity index (χ3n) is 2.01. The summed E-state index contributed by atoms with van der Waals surface area (Å²) in [6, 6.07) is 0. The van der Waals surface area contributed by atoms with E-state index in [-0.39, 0.29) is 6.61 Å². The van der Waals surface area contributed by atoms with Crippen molar-refractivity contribution in [2.75, 3.05) is 6.61 Å². The number of rotatable bonds is 3. The van der Waals surface area contributed by atoms with Gasteiger partial charge in [0.05, 0.1) is 5.69 Å². The summed E-state index contributed by atoms with van der Waals surface area (Å²) in [5.74, 6) is 0.296. The fourth-order valence-electron chi connectivity index (χ4n) is 1.30. The predicted molar refractivity (Wildman–Crippen MR) is 53.0 cm³/mol. The van der Waals surface area contributed by atoms with Crippen LogP contribution in [-0.4, -0.2) is 21.1 Å². The monoisotopic (exact) mass is 196 g/mol. The molecule has 2 aromatic rings. The van der Waals surface area contributed by atoms with Gasteiger partial charge in [-0.2, -0.15) is 0 Å². The zero-order valence-electron chi connectivity index (χ0n) is 7.47. The Balaban J connectivity index is 2.20. The summed E-state index contributed by atoms with van der Waals surface area (Å²) in [6.07, 6.45) is 4.88. The van der Waals surface area contributed by atoms with Crippen molar-refractivity contribution >= 4 is 16.3 Å². The molecule has 0 aliphatic rings. The molecule has 0 saturated carbocycles. The summed E-state index contributed by atoms with van der Waals surface area (Å²) in [7, 11) is 0. The van der Waals surface area contributed by atoms with Crippen LogP contribution in [0.3, 0.4) is 0 Å². The fraction of sp³-hybridized carbons (Fsp3) is 0.444. The van der Waals surface area contributed by atoms with Gasteiger partial charge >= 0.3 is 0 Å². The zero-order valence-corrected chi connectivity index (χ0v) is 8.29. The van der Waals surface area contributed by atoms with Crippen LogP contribution < -0.4 is 0 Å². The molecule has 70 valence electrons. The number of fused-ring (bicyclic) bond motifs is 1. The Hall–Kier alpha value is -0.870. The normalized spacial score (nSPS) is 13.7. The number of hydrogen-bond donors (Lipinski definition) is 1. The van der Waals surface area contributed by atoms with Gasteiger partial charge in [0.1, 0.15) is 0 Å². The molecule has 2 rings (SSSR count). The molecule has 13 heavy (non-hydrogen) atoms. The van der Waals surface area contributed by atoms with Gasteiger partial charge in [0.25, 0.3) is 0 Å². The van der Waals surface area contributed by atoms with Crippen molar-refractivity contribution in [1.29, 1.82) is 0 Å². The van der Waals surface area contributed by atoms with Crippen LogP contribution in [0.5, 0.6) is 0 Å². The molecule has 1 atom stereocenters. The lowest BCUT2D eigenvalue weighted by Gasteiger charge is -2.02. The first-order chi connectivity index (χ1) is 6.29. The molecule has 0 fully saturated rings. The standard InChI is InChI=1S/C9H12N2OS/c1-7(6-12)4-8-5-11-2-3-13-9(11)10-8/h2-3,5,7,12H,4,6H2,1H3. The van der Waals surface area contributed by atoms with Crippen LogP contribution in [0.2, 0.25) is 0 Å². The van der Waals surface area contributed by atoms with E-state index in [2.05, 4.69) is 4.98 Å². The van der Waals surface area contributed by atoms with Gasteiger partial charge in [-0.05, 0) is 12.3 Å². The summed E-state index contributed by atoms with van der Waals surface area (Å²) < 4.78 is 2.02. The van der Waals surface area contributed by atoms with Crippen molar-refractivity contribution in [3.63, 3.8) is 0 Å². The Kier molecular flexibility index (Phi) is 2.33. The van der Waals surface area contributed by atoms with Crippen LogP contribution in [0.4, 0.5) is 0 Å². The maximum Gasteiger partial charge on any atom is 0.193 e. The van der Waals surface area contributed by atoms with E-state index in [1.807, 2.05) is 29.1 Å². The van der Waals surface area contributed by atoms with E-state index < -0.39 is 0 Å². The van der Waals surface area contributed by atoms with Crippen LogP contribution in [0.25, 0.3) is 4.96 Å². The van der Waals surface area contributed by atoms with E-state index >= 15 is 0 Å². The second-order valence-electron chi connectivity index (χ2n) is 3.32. The lowest BCUT2D eigenvalue weighted by Crippen LogP contribution is -2.04. The minimum Gasteiger partial charge on any atom is -0.396 e. The number of hydrogen-bond acceptors (Lipinski definition) is 3. The summed E-state index contributed by atoms with van der Waals surface area (Å²) in [6.45, 7) is 2.25. The molecular weight excluding hydrogens is 184 g/mol. The van der Waals surface area contributed by atoms with E-state index in [1.165, 1.54) is 0 Å². The van der Waals surface area contributed by atoms with E-state index in [0.29, 0.717) is 5.92 Å². The minimum atomic E-state index is 0.227. The molecule has 4 heteroatoms. The third-order valence-corrected chi connectivity index (χ3v) is 2.78. The van der Waals surface area contributed by atoms with Crippen molar-refractivity contribution in [1.82, 2.24) is 9.38 Å². The fourth-order valence-corrected chi connectivity index (χ4v) is 2.01. The van der Waals surface area contributed by atoms with Crippen LogP contribution >= 0.6 is 11.3 Å². The molecule has 1 N–H and O–H groups in total. The largest absolute Gasteiger partial charge is 0.396 e. The summed E-state index contributed by atoms with van der Waals surface area (Å²) >= 11 is 1.63. The zero-order chi connectivity index (χ0) is 9.26. The van der Waals surface area contributed by atoms with Gasteiger partial charge in [-0.1, -0.05) is 6.92 Å². The van der Waals surface area contributed by atoms with Crippen molar-refractivity contribution < 1.29 is 5.11 Å². The Morgan fingerprint density at radius 1 is 1.69 bits per heavy atom. The Morgan fingerprint density at radius 3 is 3.23 bits per heavy atom. The summed E-state index contributed by atoms with van der Waals surface area (Å²) in [5, 5.41) is 10.9. The number of aromatic nitrogens is 2. The van der Waals surface area contributed by atoms with Gasteiger partial charge in [0, 0.05) is 24.4 Å². The van der Waals surface area contributed by atoms with E-state index in [9.17, 15) is 0 Å². The number of thiazole rings is 1. The number of imidazole rings is 1. The molecule has 2 heterocycles. The third kappa shape index (κ3) is 1.73. The highest BCUT2D eigenvalue weighted by molar-refractivity contribution is 7.15. The second-order valence-corrected chi connectivity index (χ2v) is 4.19. The quantitative estimate of drug-likeness (QED) is 0.809. The van der Waals surface area contributed by atoms with Crippen LogP contribution in [0.15, 0.2) is 17.8 Å². The summed E-state index contributed by atoms with van der Waals surface area (Å²) in [5.41, 5.74) is 1.06. The summed E-state index contributed by atoms with van der Waals surface area (Å²) in [4.78, 5) is 5.46. The van der Waals surface area contributed by atoms with Crippen molar-refractivity contribution in [2.24, 2.45) is 5.92 Å². The molecule has 0 bridgehead atoms.